The second kappa shape index (κ2) is 11.8. The van der Waals surface area contributed by atoms with Gasteiger partial charge in [-0.15, -0.1) is 0 Å². The summed E-state index contributed by atoms with van der Waals surface area (Å²) in [6.45, 7) is 1.52. The fourth-order valence-electron chi connectivity index (χ4n) is 5.26. The van der Waals surface area contributed by atoms with Gasteiger partial charge < -0.3 is 25.4 Å². The molecule has 0 radical (unpaired) electrons. The first-order chi connectivity index (χ1) is 18.1. The maximum Gasteiger partial charge on any atom is 0.310 e. The number of benzene rings is 1. The highest BCUT2D eigenvalue weighted by molar-refractivity contribution is 7.89. The molecule has 4 rings (SSSR count). The number of nitrogens with one attached hydrogen (secondary N) is 2. The highest BCUT2D eigenvalue weighted by atomic mass is 32.2. The van der Waals surface area contributed by atoms with Crippen LogP contribution in [0.1, 0.15) is 55.8 Å². The Labute approximate surface area is 221 Å². The summed E-state index contributed by atoms with van der Waals surface area (Å²) in [5.41, 5.74) is 0.392. The summed E-state index contributed by atoms with van der Waals surface area (Å²) in [6, 6.07) is 4.75. The monoisotopic (exact) mass is 550 g/mol. The Morgan fingerprint density at radius 1 is 1.08 bits per heavy atom. The summed E-state index contributed by atoms with van der Waals surface area (Å²) in [4.78, 5) is 53.2. The minimum absolute atomic E-state index is 0.0465. The predicted molar refractivity (Wildman–Crippen MR) is 135 cm³/mol. The average molecular weight is 551 g/mol. The van der Waals surface area contributed by atoms with E-state index in [2.05, 4.69) is 10.6 Å². The van der Waals surface area contributed by atoms with Crippen LogP contribution < -0.4 is 10.6 Å². The number of nitrogens with zero attached hydrogens (tertiary/aromatic N) is 2. The van der Waals surface area contributed by atoms with Crippen LogP contribution in [0.4, 0.5) is 0 Å². The normalized spacial score (nSPS) is 28.6. The zero-order valence-corrected chi connectivity index (χ0v) is 22.1. The molecule has 0 spiro atoms. The van der Waals surface area contributed by atoms with Gasteiger partial charge in [0.05, 0.1) is 12.2 Å². The standard InChI is InChI=1S/C25H34N4O8S/c1-2-12-38(35,36)28-14-17-10-6-7-11-18(26-22(31)16-8-4-3-5-9-16)24(33)29(17)20(15-28)23(32)27-19-13-21(30)37-25(19)34/h3-5,8-9,17-20,25,34H,2,6-7,10-15H2,1H3,(H,26,31)(H,27,32)/t17-,18-,19?,20-,25?/m0/s1. The molecule has 3 heterocycles. The van der Waals surface area contributed by atoms with Crippen molar-refractivity contribution in [2.24, 2.45) is 0 Å². The number of aliphatic hydroxyl groups excluding tert-OH is 1. The van der Waals surface area contributed by atoms with Gasteiger partial charge in [-0.05, 0) is 31.4 Å². The number of carbonyl (C=O) groups is 4. The molecule has 0 aromatic heterocycles. The second-order valence-electron chi connectivity index (χ2n) is 9.92. The molecule has 3 saturated heterocycles. The summed E-state index contributed by atoms with van der Waals surface area (Å²) < 4.78 is 32.0. The lowest BCUT2D eigenvalue weighted by Gasteiger charge is -2.47. The fraction of sp³-hybridized carbons (Fsp3) is 0.600. The summed E-state index contributed by atoms with van der Waals surface area (Å²) >= 11 is 0. The van der Waals surface area contributed by atoms with Gasteiger partial charge in [-0.1, -0.05) is 38.0 Å². The van der Waals surface area contributed by atoms with Crippen molar-refractivity contribution in [3.8, 4) is 0 Å². The van der Waals surface area contributed by atoms with Gasteiger partial charge in [-0.3, -0.25) is 19.2 Å². The second-order valence-corrected chi connectivity index (χ2v) is 12.0. The van der Waals surface area contributed by atoms with Gasteiger partial charge in [-0.2, -0.15) is 4.31 Å². The largest absolute Gasteiger partial charge is 0.434 e. The third-order valence-corrected chi connectivity index (χ3v) is 9.17. The molecule has 1 aromatic rings. The summed E-state index contributed by atoms with van der Waals surface area (Å²) in [5.74, 6) is -2.36. The van der Waals surface area contributed by atoms with Crippen LogP contribution in [0.25, 0.3) is 0 Å². The Bertz CT molecular complexity index is 1160. The molecule has 0 saturated carbocycles. The molecule has 3 N–H and O–H groups in total. The Kier molecular flexibility index (Phi) is 8.68. The third-order valence-electron chi connectivity index (χ3n) is 7.16. The Morgan fingerprint density at radius 2 is 1.79 bits per heavy atom. The Morgan fingerprint density at radius 3 is 2.45 bits per heavy atom. The number of ether oxygens (including phenoxy) is 1. The van der Waals surface area contributed by atoms with Gasteiger partial charge in [-0.25, -0.2) is 8.42 Å². The highest BCUT2D eigenvalue weighted by Gasteiger charge is 2.47. The van der Waals surface area contributed by atoms with Gasteiger partial charge in [0.25, 0.3) is 5.91 Å². The molecule has 0 bridgehead atoms. The summed E-state index contributed by atoms with van der Waals surface area (Å²) in [6.07, 6.45) is 0.784. The number of esters is 1. The van der Waals surface area contributed by atoms with Crippen molar-refractivity contribution >= 4 is 33.7 Å². The molecule has 208 valence electrons. The van der Waals surface area contributed by atoms with E-state index >= 15 is 0 Å². The van der Waals surface area contributed by atoms with E-state index in [4.69, 9.17) is 4.74 Å². The first-order valence-corrected chi connectivity index (χ1v) is 14.6. The zero-order valence-electron chi connectivity index (χ0n) is 21.2. The number of sulfonamides is 1. The maximum atomic E-state index is 13.9. The van der Waals surface area contributed by atoms with Crippen molar-refractivity contribution in [3.63, 3.8) is 0 Å². The molecule has 5 atom stereocenters. The number of carbonyl (C=O) groups excluding carboxylic acids is 4. The van der Waals surface area contributed by atoms with Crippen molar-refractivity contribution in [2.75, 3.05) is 18.8 Å². The van der Waals surface area contributed by atoms with E-state index in [1.807, 2.05) is 0 Å². The first-order valence-electron chi connectivity index (χ1n) is 12.9. The number of piperazine rings is 1. The zero-order chi connectivity index (χ0) is 27.4. The lowest BCUT2D eigenvalue weighted by atomic mass is 9.94. The number of aliphatic hydroxyl groups is 1. The lowest BCUT2D eigenvalue weighted by molar-refractivity contribution is -0.156. The van der Waals surface area contributed by atoms with Crippen molar-refractivity contribution in [3.05, 3.63) is 35.9 Å². The molecule has 3 fully saturated rings. The molecule has 13 heteroatoms. The molecule has 0 aliphatic carbocycles. The molecular formula is C25H34N4O8S. The van der Waals surface area contributed by atoms with Crippen molar-refractivity contribution < 1.29 is 37.4 Å². The van der Waals surface area contributed by atoms with Crippen LogP contribution in [0.2, 0.25) is 0 Å². The maximum absolute atomic E-state index is 13.9. The topological polar surface area (TPSA) is 162 Å². The Balaban J connectivity index is 1.62. The van der Waals surface area contributed by atoms with Crippen LogP contribution >= 0.6 is 0 Å². The molecular weight excluding hydrogens is 516 g/mol. The quantitative estimate of drug-likeness (QED) is 0.391. The van der Waals surface area contributed by atoms with E-state index in [9.17, 15) is 32.7 Å². The highest BCUT2D eigenvalue weighted by Crippen LogP contribution is 2.28. The van der Waals surface area contributed by atoms with E-state index in [0.717, 1.165) is 0 Å². The summed E-state index contributed by atoms with van der Waals surface area (Å²) in [7, 11) is -3.69. The van der Waals surface area contributed by atoms with E-state index in [1.165, 1.54) is 9.21 Å². The van der Waals surface area contributed by atoms with Crippen LogP contribution in [0.3, 0.4) is 0 Å². The van der Waals surface area contributed by atoms with Crippen LogP contribution in [-0.2, 0) is 29.1 Å². The van der Waals surface area contributed by atoms with Gasteiger partial charge >= 0.3 is 5.97 Å². The van der Waals surface area contributed by atoms with Crippen molar-refractivity contribution in [1.82, 2.24) is 19.8 Å². The van der Waals surface area contributed by atoms with Crippen molar-refractivity contribution in [2.45, 2.75) is 75.9 Å². The minimum Gasteiger partial charge on any atom is -0.434 e. The Hall–Kier alpha value is -3.03. The van der Waals surface area contributed by atoms with Crippen LogP contribution in [0, 0.1) is 0 Å². The van der Waals surface area contributed by atoms with E-state index in [1.54, 1.807) is 37.3 Å². The molecule has 2 unspecified atom stereocenters. The van der Waals surface area contributed by atoms with Crippen LogP contribution in [0.15, 0.2) is 30.3 Å². The number of hydrogen-bond donors (Lipinski definition) is 3. The molecule has 3 aliphatic rings. The molecule has 3 aliphatic heterocycles. The van der Waals surface area contributed by atoms with Gasteiger partial charge in [0, 0.05) is 24.7 Å². The molecule has 38 heavy (non-hydrogen) atoms. The fourth-order valence-corrected chi connectivity index (χ4v) is 6.81. The van der Waals surface area contributed by atoms with E-state index < -0.39 is 64.2 Å². The van der Waals surface area contributed by atoms with Gasteiger partial charge in [0.1, 0.15) is 18.1 Å². The smallest absolute Gasteiger partial charge is 0.310 e. The van der Waals surface area contributed by atoms with E-state index in [0.29, 0.717) is 37.7 Å². The van der Waals surface area contributed by atoms with Gasteiger partial charge in [0.15, 0.2) is 0 Å². The number of hydrogen-bond acceptors (Lipinski definition) is 8. The predicted octanol–water partition coefficient (Wildman–Crippen LogP) is -0.270. The van der Waals surface area contributed by atoms with Crippen molar-refractivity contribution in [1.29, 1.82) is 0 Å². The molecule has 1 aromatic carbocycles. The first kappa shape index (κ1) is 28.0. The number of cyclic esters (lactones) is 1. The number of fused-ring (bicyclic) bond motifs is 1. The van der Waals surface area contributed by atoms with Crippen LogP contribution in [0.5, 0.6) is 0 Å². The number of rotatable bonds is 7. The van der Waals surface area contributed by atoms with E-state index in [-0.39, 0.29) is 25.3 Å². The summed E-state index contributed by atoms with van der Waals surface area (Å²) in [5, 5.41) is 15.3. The average Bonchev–Trinajstić information content (AvgIpc) is 3.20. The van der Waals surface area contributed by atoms with Crippen LogP contribution in [-0.4, -0.2) is 95.7 Å². The SMILES string of the molecule is CCCS(=O)(=O)N1C[C@@H]2CCCC[C@H](NC(=O)c3ccccc3)C(=O)N2[C@H](C(=O)NC2CC(=O)OC2O)C1. The molecule has 12 nitrogen and oxygen atoms in total. The molecule has 3 amide bonds. The number of amides is 3. The lowest BCUT2D eigenvalue weighted by Crippen LogP contribution is -2.69. The third kappa shape index (κ3) is 6.16. The minimum atomic E-state index is -3.69. The van der Waals surface area contributed by atoms with Gasteiger partial charge in [0.2, 0.25) is 28.1 Å².